The van der Waals surface area contributed by atoms with Gasteiger partial charge in [0.25, 0.3) is 0 Å². The molecule has 1 fully saturated rings. The van der Waals surface area contributed by atoms with Crippen molar-refractivity contribution in [3.8, 4) is 0 Å². The molecule has 0 aromatic rings. The molecule has 0 aromatic heterocycles. The molecule has 2 nitrogen and oxygen atoms in total. The predicted octanol–water partition coefficient (Wildman–Crippen LogP) is 1.71. The lowest BCUT2D eigenvalue weighted by Gasteiger charge is -2.35. The Bertz CT molecular complexity index is 188. The standard InChI is InChI=1S/C11H20N2/c1-4-6-11(3)13-9-7-12(5-2)8-10-13/h4,6H,1,5,7-10H2,2-3H3/b11-6+. The fraction of sp³-hybridized carbons (Fsp3) is 0.636. The molecule has 0 saturated carbocycles. The summed E-state index contributed by atoms with van der Waals surface area (Å²) in [6.45, 7) is 14.0. The van der Waals surface area contributed by atoms with Crippen molar-refractivity contribution >= 4 is 0 Å². The Hall–Kier alpha value is -0.760. The molecule has 74 valence electrons. The molecular formula is C11H20N2. The number of allylic oxidation sites excluding steroid dienone is 3. The van der Waals surface area contributed by atoms with Crippen molar-refractivity contribution in [2.45, 2.75) is 13.8 Å². The van der Waals surface area contributed by atoms with Gasteiger partial charge in [0.1, 0.15) is 0 Å². The van der Waals surface area contributed by atoms with E-state index in [1.165, 1.54) is 25.3 Å². The van der Waals surface area contributed by atoms with Crippen LogP contribution < -0.4 is 0 Å². The number of rotatable bonds is 3. The second-order valence-electron chi connectivity index (χ2n) is 3.47. The summed E-state index contributed by atoms with van der Waals surface area (Å²) in [4.78, 5) is 4.91. The average molecular weight is 180 g/mol. The summed E-state index contributed by atoms with van der Waals surface area (Å²) in [7, 11) is 0. The van der Waals surface area contributed by atoms with Crippen LogP contribution in [0.4, 0.5) is 0 Å². The highest BCUT2D eigenvalue weighted by Crippen LogP contribution is 2.08. The number of likely N-dealkylation sites (N-methyl/N-ethyl adjacent to an activating group) is 1. The first-order valence-corrected chi connectivity index (χ1v) is 5.04. The molecule has 0 amide bonds. The topological polar surface area (TPSA) is 6.48 Å². The maximum atomic E-state index is 3.71. The van der Waals surface area contributed by atoms with E-state index in [1.807, 2.05) is 6.08 Å². The van der Waals surface area contributed by atoms with Gasteiger partial charge in [-0.05, 0) is 19.5 Å². The Morgan fingerprint density at radius 1 is 1.31 bits per heavy atom. The molecule has 13 heavy (non-hydrogen) atoms. The molecule has 0 N–H and O–H groups in total. The molecule has 1 saturated heterocycles. The fourth-order valence-electron chi connectivity index (χ4n) is 1.69. The predicted molar refractivity (Wildman–Crippen MR) is 57.6 cm³/mol. The van der Waals surface area contributed by atoms with E-state index in [0.717, 1.165) is 13.1 Å². The van der Waals surface area contributed by atoms with Crippen molar-refractivity contribution in [2.75, 3.05) is 32.7 Å². The summed E-state index contributed by atoms with van der Waals surface area (Å²) in [6.07, 6.45) is 3.95. The van der Waals surface area contributed by atoms with E-state index in [-0.39, 0.29) is 0 Å². The zero-order valence-corrected chi connectivity index (χ0v) is 8.79. The van der Waals surface area contributed by atoms with Crippen molar-refractivity contribution < 1.29 is 0 Å². The number of piperazine rings is 1. The number of hydrogen-bond acceptors (Lipinski definition) is 2. The third kappa shape index (κ3) is 2.88. The minimum absolute atomic E-state index is 1.16. The van der Waals surface area contributed by atoms with E-state index in [2.05, 4.69) is 36.3 Å². The second-order valence-corrected chi connectivity index (χ2v) is 3.47. The van der Waals surface area contributed by atoms with E-state index < -0.39 is 0 Å². The summed E-state index contributed by atoms with van der Waals surface area (Å²) < 4.78 is 0. The lowest BCUT2D eigenvalue weighted by Crippen LogP contribution is -2.45. The van der Waals surface area contributed by atoms with Crippen molar-refractivity contribution in [2.24, 2.45) is 0 Å². The lowest BCUT2D eigenvalue weighted by atomic mass is 10.2. The minimum atomic E-state index is 1.16. The van der Waals surface area contributed by atoms with Gasteiger partial charge in [-0.25, -0.2) is 0 Å². The van der Waals surface area contributed by atoms with Gasteiger partial charge in [-0.15, -0.1) is 0 Å². The van der Waals surface area contributed by atoms with Crippen LogP contribution >= 0.6 is 0 Å². The third-order valence-corrected chi connectivity index (χ3v) is 2.68. The molecule has 0 aliphatic carbocycles. The van der Waals surface area contributed by atoms with Gasteiger partial charge in [-0.1, -0.05) is 19.6 Å². The normalized spacial score (nSPS) is 20.5. The highest BCUT2D eigenvalue weighted by molar-refractivity contribution is 5.07. The third-order valence-electron chi connectivity index (χ3n) is 2.68. The average Bonchev–Trinajstić information content (AvgIpc) is 2.18. The summed E-state index contributed by atoms with van der Waals surface area (Å²) in [5.74, 6) is 0. The molecule has 0 atom stereocenters. The van der Waals surface area contributed by atoms with Crippen LogP contribution in [-0.2, 0) is 0 Å². The molecule has 0 bridgehead atoms. The van der Waals surface area contributed by atoms with Gasteiger partial charge >= 0.3 is 0 Å². The summed E-state index contributed by atoms with van der Waals surface area (Å²) in [5, 5.41) is 0. The second kappa shape index (κ2) is 5.07. The Morgan fingerprint density at radius 3 is 2.38 bits per heavy atom. The number of nitrogens with zero attached hydrogens (tertiary/aromatic N) is 2. The molecule has 0 spiro atoms. The molecule has 1 aliphatic rings. The van der Waals surface area contributed by atoms with Gasteiger partial charge < -0.3 is 9.80 Å². The maximum absolute atomic E-state index is 3.71. The highest BCUT2D eigenvalue weighted by atomic mass is 15.3. The van der Waals surface area contributed by atoms with Gasteiger partial charge in [-0.3, -0.25) is 0 Å². The Kier molecular flexibility index (Phi) is 4.03. The summed E-state index contributed by atoms with van der Waals surface area (Å²) >= 11 is 0. The first-order chi connectivity index (χ1) is 6.27. The van der Waals surface area contributed by atoms with Gasteiger partial charge in [0.05, 0.1) is 0 Å². The van der Waals surface area contributed by atoms with Crippen molar-refractivity contribution in [1.29, 1.82) is 0 Å². The van der Waals surface area contributed by atoms with Crippen LogP contribution in [0.2, 0.25) is 0 Å². The van der Waals surface area contributed by atoms with Gasteiger partial charge in [-0.2, -0.15) is 0 Å². The molecular weight excluding hydrogens is 160 g/mol. The van der Waals surface area contributed by atoms with E-state index in [4.69, 9.17) is 0 Å². The monoisotopic (exact) mass is 180 g/mol. The van der Waals surface area contributed by atoms with Gasteiger partial charge in [0, 0.05) is 31.9 Å². The molecule has 1 rings (SSSR count). The van der Waals surface area contributed by atoms with Crippen molar-refractivity contribution in [1.82, 2.24) is 9.80 Å². The molecule has 0 unspecified atom stereocenters. The zero-order chi connectivity index (χ0) is 9.68. The van der Waals surface area contributed by atoms with Crippen LogP contribution in [0.5, 0.6) is 0 Å². The maximum Gasteiger partial charge on any atom is 0.0303 e. The number of hydrogen-bond donors (Lipinski definition) is 0. The Labute approximate surface area is 81.5 Å². The first kappa shape index (κ1) is 10.3. The largest absolute Gasteiger partial charge is 0.372 e. The fourth-order valence-corrected chi connectivity index (χ4v) is 1.69. The lowest BCUT2D eigenvalue weighted by molar-refractivity contribution is 0.165. The van der Waals surface area contributed by atoms with Crippen molar-refractivity contribution in [3.63, 3.8) is 0 Å². The molecule has 1 heterocycles. The molecule has 0 aromatic carbocycles. The Morgan fingerprint density at radius 2 is 1.92 bits per heavy atom. The zero-order valence-electron chi connectivity index (χ0n) is 8.79. The molecule has 1 aliphatic heterocycles. The van der Waals surface area contributed by atoms with Crippen molar-refractivity contribution in [3.05, 3.63) is 24.4 Å². The van der Waals surface area contributed by atoms with Gasteiger partial charge in [0.15, 0.2) is 0 Å². The summed E-state index contributed by atoms with van der Waals surface area (Å²) in [6, 6.07) is 0. The van der Waals surface area contributed by atoms with Crippen LogP contribution in [0.3, 0.4) is 0 Å². The molecule has 0 radical (unpaired) electrons. The van der Waals surface area contributed by atoms with E-state index >= 15 is 0 Å². The van der Waals surface area contributed by atoms with E-state index in [1.54, 1.807) is 0 Å². The minimum Gasteiger partial charge on any atom is -0.372 e. The van der Waals surface area contributed by atoms with Crippen LogP contribution in [0, 0.1) is 0 Å². The first-order valence-electron chi connectivity index (χ1n) is 5.04. The van der Waals surface area contributed by atoms with Crippen LogP contribution in [-0.4, -0.2) is 42.5 Å². The molecule has 2 heteroatoms. The van der Waals surface area contributed by atoms with Gasteiger partial charge in [0.2, 0.25) is 0 Å². The van der Waals surface area contributed by atoms with Crippen LogP contribution in [0.1, 0.15) is 13.8 Å². The SMILES string of the molecule is C=C/C=C(\C)N1CCN(CC)CC1. The van der Waals surface area contributed by atoms with E-state index in [9.17, 15) is 0 Å². The Balaban J connectivity index is 2.40. The van der Waals surface area contributed by atoms with Crippen LogP contribution in [0.25, 0.3) is 0 Å². The highest BCUT2D eigenvalue weighted by Gasteiger charge is 2.14. The van der Waals surface area contributed by atoms with Crippen LogP contribution in [0.15, 0.2) is 24.4 Å². The smallest absolute Gasteiger partial charge is 0.0303 e. The summed E-state index contributed by atoms with van der Waals surface area (Å²) in [5.41, 5.74) is 1.34. The van der Waals surface area contributed by atoms with E-state index in [0.29, 0.717) is 0 Å². The quantitative estimate of drug-likeness (QED) is 0.610.